The predicted octanol–water partition coefficient (Wildman–Crippen LogP) is 4.35. The molecule has 0 bridgehead atoms. The van der Waals surface area contributed by atoms with Crippen LogP contribution in [0.15, 0.2) is 33.6 Å². The molecule has 1 aliphatic rings. The Morgan fingerprint density at radius 3 is 2.76 bits per heavy atom. The van der Waals surface area contributed by atoms with Gasteiger partial charge in [-0.15, -0.1) is 0 Å². The second-order valence-corrected chi connectivity index (χ2v) is 9.38. The number of hydrogen-bond donors (Lipinski definition) is 1. The van der Waals surface area contributed by atoms with Crippen molar-refractivity contribution in [2.75, 3.05) is 6.54 Å². The lowest BCUT2D eigenvalue weighted by Crippen LogP contribution is -2.40. The number of rotatable bonds is 5. The summed E-state index contributed by atoms with van der Waals surface area (Å²) in [5.41, 5.74) is 0.699. The Labute approximate surface area is 166 Å². The zero-order chi connectivity index (χ0) is 18.6. The molecule has 1 heterocycles. The maximum atomic E-state index is 12.5. The Balaban J connectivity index is 1.94. The molecule has 0 saturated carbocycles. The second-order valence-electron chi connectivity index (χ2n) is 6.79. The SMILES string of the molecule is CC(C)(C)NC(=O)CCCN1C(=O)/C(=C/c2cccc(Br)c2)SC1=S. The third-order valence-electron chi connectivity index (χ3n) is 3.32. The van der Waals surface area contributed by atoms with Gasteiger partial charge < -0.3 is 5.32 Å². The van der Waals surface area contributed by atoms with Gasteiger partial charge in [0.05, 0.1) is 4.91 Å². The maximum Gasteiger partial charge on any atom is 0.266 e. The Bertz CT molecular complexity index is 726. The summed E-state index contributed by atoms with van der Waals surface area (Å²) in [6.07, 6.45) is 2.80. The number of nitrogens with zero attached hydrogens (tertiary/aromatic N) is 1. The number of nitrogens with one attached hydrogen (secondary N) is 1. The fourth-order valence-corrected chi connectivity index (χ4v) is 4.04. The topological polar surface area (TPSA) is 49.4 Å². The van der Waals surface area contributed by atoms with E-state index in [1.54, 1.807) is 4.90 Å². The highest BCUT2D eigenvalue weighted by atomic mass is 79.9. The standard InChI is InChI=1S/C18H21BrN2O2S2/c1-18(2,3)20-15(22)8-5-9-21-16(23)14(25-17(21)24)11-12-6-4-7-13(19)10-12/h4,6-7,10-11H,5,8-9H2,1-3H3,(H,20,22)/b14-11-. The van der Waals surface area contributed by atoms with Gasteiger partial charge in [-0.1, -0.05) is 52.0 Å². The van der Waals surface area contributed by atoms with Crippen LogP contribution in [0.1, 0.15) is 39.2 Å². The van der Waals surface area contributed by atoms with Crippen LogP contribution in [0, 0.1) is 0 Å². The average molecular weight is 441 g/mol. The zero-order valence-electron chi connectivity index (χ0n) is 14.5. The van der Waals surface area contributed by atoms with E-state index in [0.717, 1.165) is 10.0 Å². The minimum atomic E-state index is -0.244. The summed E-state index contributed by atoms with van der Waals surface area (Å²) in [6, 6.07) is 7.74. The van der Waals surface area contributed by atoms with Crippen LogP contribution in [0.25, 0.3) is 6.08 Å². The molecule has 1 aromatic rings. The molecule has 2 amide bonds. The molecule has 7 heteroatoms. The van der Waals surface area contributed by atoms with Gasteiger partial charge in [0.2, 0.25) is 5.91 Å². The van der Waals surface area contributed by atoms with Gasteiger partial charge in [0, 0.05) is 23.0 Å². The molecule has 1 saturated heterocycles. The maximum absolute atomic E-state index is 12.5. The first-order valence-corrected chi connectivity index (χ1v) is 9.99. The van der Waals surface area contributed by atoms with Gasteiger partial charge in [0.25, 0.3) is 5.91 Å². The van der Waals surface area contributed by atoms with E-state index in [2.05, 4.69) is 21.2 Å². The molecule has 1 fully saturated rings. The van der Waals surface area contributed by atoms with Crippen molar-refractivity contribution in [2.24, 2.45) is 0 Å². The molecule has 4 nitrogen and oxygen atoms in total. The number of thioether (sulfide) groups is 1. The summed E-state index contributed by atoms with van der Waals surface area (Å²) in [5, 5.41) is 2.92. The first kappa shape index (κ1) is 20.1. The number of halogens is 1. The number of carbonyl (C=O) groups excluding carboxylic acids is 2. The van der Waals surface area contributed by atoms with Crippen molar-refractivity contribution in [1.82, 2.24) is 10.2 Å². The smallest absolute Gasteiger partial charge is 0.266 e. The lowest BCUT2D eigenvalue weighted by atomic mass is 10.1. The molecule has 0 unspecified atom stereocenters. The molecule has 1 aromatic carbocycles. The van der Waals surface area contributed by atoms with E-state index in [0.29, 0.717) is 28.6 Å². The van der Waals surface area contributed by atoms with Crippen molar-refractivity contribution in [1.29, 1.82) is 0 Å². The summed E-state index contributed by atoms with van der Waals surface area (Å²) in [5.74, 6) is -0.103. The zero-order valence-corrected chi connectivity index (χ0v) is 17.7. The fraction of sp³-hybridized carbons (Fsp3) is 0.389. The highest BCUT2D eigenvalue weighted by Gasteiger charge is 2.31. The summed E-state index contributed by atoms with van der Waals surface area (Å²) in [7, 11) is 0. The lowest BCUT2D eigenvalue weighted by molar-refractivity contribution is -0.124. The molecule has 134 valence electrons. The van der Waals surface area contributed by atoms with Crippen molar-refractivity contribution in [2.45, 2.75) is 39.2 Å². The van der Waals surface area contributed by atoms with Gasteiger partial charge in [-0.25, -0.2) is 0 Å². The van der Waals surface area contributed by atoms with E-state index in [1.165, 1.54) is 11.8 Å². The molecule has 0 spiro atoms. The van der Waals surface area contributed by atoms with Crippen LogP contribution >= 0.6 is 39.9 Å². The highest BCUT2D eigenvalue weighted by Crippen LogP contribution is 2.33. The summed E-state index contributed by atoms with van der Waals surface area (Å²) in [6.45, 7) is 6.29. The Morgan fingerprint density at radius 1 is 1.40 bits per heavy atom. The number of carbonyl (C=O) groups is 2. The third-order valence-corrected chi connectivity index (χ3v) is 5.19. The Kier molecular flexibility index (Phi) is 6.82. The molecular formula is C18H21BrN2O2S2. The van der Waals surface area contributed by atoms with Gasteiger partial charge in [0.1, 0.15) is 4.32 Å². The van der Waals surface area contributed by atoms with Gasteiger partial charge in [0.15, 0.2) is 0 Å². The van der Waals surface area contributed by atoms with Crippen LogP contribution in [-0.4, -0.2) is 33.1 Å². The minimum absolute atomic E-state index is 0.0115. The third kappa shape index (κ3) is 6.24. The minimum Gasteiger partial charge on any atom is -0.352 e. The summed E-state index contributed by atoms with van der Waals surface area (Å²) < 4.78 is 1.50. The van der Waals surface area contributed by atoms with Crippen LogP contribution in [0.4, 0.5) is 0 Å². The monoisotopic (exact) mass is 440 g/mol. The van der Waals surface area contributed by atoms with Gasteiger partial charge >= 0.3 is 0 Å². The van der Waals surface area contributed by atoms with Crippen molar-refractivity contribution in [3.05, 3.63) is 39.2 Å². The number of thiocarbonyl (C=S) groups is 1. The first-order chi connectivity index (χ1) is 11.7. The summed E-state index contributed by atoms with van der Waals surface area (Å²) >= 11 is 10.0. The number of hydrogen-bond acceptors (Lipinski definition) is 4. The molecule has 1 aliphatic heterocycles. The number of benzene rings is 1. The average Bonchev–Trinajstić information content (AvgIpc) is 2.73. The normalized spacial score (nSPS) is 16.6. The van der Waals surface area contributed by atoms with E-state index < -0.39 is 0 Å². The fourth-order valence-electron chi connectivity index (χ4n) is 2.32. The van der Waals surface area contributed by atoms with Crippen LogP contribution in [-0.2, 0) is 9.59 Å². The van der Waals surface area contributed by atoms with Crippen LogP contribution in [0.3, 0.4) is 0 Å². The summed E-state index contributed by atoms with van der Waals surface area (Å²) in [4.78, 5) is 26.6. The van der Waals surface area contributed by atoms with E-state index in [-0.39, 0.29) is 17.4 Å². The quantitative estimate of drug-likeness (QED) is 0.546. The van der Waals surface area contributed by atoms with Gasteiger partial charge in [-0.2, -0.15) is 0 Å². The molecule has 0 aromatic heterocycles. The molecular weight excluding hydrogens is 420 g/mol. The van der Waals surface area contributed by atoms with Gasteiger partial charge in [-0.3, -0.25) is 14.5 Å². The first-order valence-electron chi connectivity index (χ1n) is 7.98. The molecule has 0 radical (unpaired) electrons. The Hall–Kier alpha value is -1.18. The molecule has 1 N–H and O–H groups in total. The van der Waals surface area contributed by atoms with Crippen molar-refractivity contribution in [3.8, 4) is 0 Å². The predicted molar refractivity (Wildman–Crippen MR) is 111 cm³/mol. The second kappa shape index (κ2) is 8.47. The molecule has 2 rings (SSSR count). The highest BCUT2D eigenvalue weighted by molar-refractivity contribution is 9.10. The van der Waals surface area contributed by atoms with Crippen LogP contribution in [0.2, 0.25) is 0 Å². The van der Waals surface area contributed by atoms with E-state index >= 15 is 0 Å². The van der Waals surface area contributed by atoms with Crippen molar-refractivity contribution < 1.29 is 9.59 Å². The number of amides is 2. The molecule has 25 heavy (non-hydrogen) atoms. The van der Waals surface area contributed by atoms with Crippen LogP contribution in [0.5, 0.6) is 0 Å². The van der Waals surface area contributed by atoms with E-state index in [1.807, 2.05) is 51.1 Å². The van der Waals surface area contributed by atoms with Crippen molar-refractivity contribution >= 4 is 62.1 Å². The van der Waals surface area contributed by atoms with Gasteiger partial charge in [-0.05, 0) is 51.0 Å². The van der Waals surface area contributed by atoms with Crippen LogP contribution < -0.4 is 5.32 Å². The van der Waals surface area contributed by atoms with E-state index in [4.69, 9.17) is 12.2 Å². The Morgan fingerprint density at radius 2 is 2.12 bits per heavy atom. The molecule has 0 atom stereocenters. The largest absolute Gasteiger partial charge is 0.352 e. The lowest BCUT2D eigenvalue weighted by Gasteiger charge is -2.21. The molecule has 0 aliphatic carbocycles. The van der Waals surface area contributed by atoms with E-state index in [9.17, 15) is 9.59 Å². The van der Waals surface area contributed by atoms with Crippen molar-refractivity contribution in [3.63, 3.8) is 0 Å².